The number of aliphatic hydroxyl groups is 1. The number of ketones is 1. The summed E-state index contributed by atoms with van der Waals surface area (Å²) in [6, 6.07) is 14.4. The number of carbonyl (C=O) groups excluding carboxylic acids is 1. The van der Waals surface area contributed by atoms with Crippen LogP contribution in [0.5, 0.6) is 0 Å². The van der Waals surface area contributed by atoms with E-state index >= 15 is 0 Å². The van der Waals surface area contributed by atoms with Crippen LogP contribution in [0.2, 0.25) is 0 Å². The number of fused-ring (bicyclic) bond motifs is 2. The number of Topliss-reactive ketones (excluding diaryl/α,β-unsaturated/α-hetero) is 1. The first-order chi connectivity index (χ1) is 17.9. The molecule has 2 aromatic heterocycles. The minimum atomic E-state index is -0.951. The van der Waals surface area contributed by atoms with Gasteiger partial charge < -0.3 is 5.11 Å². The van der Waals surface area contributed by atoms with Crippen LogP contribution in [0.1, 0.15) is 64.8 Å². The number of rotatable bonds is 6. The zero-order valence-electron chi connectivity index (χ0n) is 20.8. The fourth-order valence-corrected chi connectivity index (χ4v) is 5.92. The van der Waals surface area contributed by atoms with Crippen molar-refractivity contribution in [2.75, 3.05) is 0 Å². The standard InChI is InChI=1S/C30H29FN4O2/c1-19-11-22(8-10-32-19)29-26-14-21(4-5-23(26)16-33-29)28(36)12-20-3-2-9-30(37,15-20)18-35-27-7-6-25(31)13-24(27)17-34-35/h4-8,10-11,13-14,17,20,37H,2-3,9,12,15-16,18H2,1H3/t20-,30+/m1/s1. The Morgan fingerprint density at radius 3 is 2.95 bits per heavy atom. The highest BCUT2D eigenvalue weighted by Crippen LogP contribution is 2.37. The van der Waals surface area contributed by atoms with Gasteiger partial charge in [0.1, 0.15) is 5.82 Å². The highest BCUT2D eigenvalue weighted by Gasteiger charge is 2.36. The first-order valence-electron chi connectivity index (χ1n) is 12.8. The molecule has 0 radical (unpaired) electrons. The van der Waals surface area contributed by atoms with Gasteiger partial charge in [-0.25, -0.2) is 4.39 Å². The summed E-state index contributed by atoms with van der Waals surface area (Å²) in [6.07, 6.45) is 6.77. The average Bonchev–Trinajstić information content (AvgIpc) is 3.47. The van der Waals surface area contributed by atoms with E-state index in [0.29, 0.717) is 43.3 Å². The van der Waals surface area contributed by atoms with E-state index in [1.165, 1.54) is 12.1 Å². The minimum absolute atomic E-state index is 0.0919. The summed E-state index contributed by atoms with van der Waals surface area (Å²) in [7, 11) is 0. The van der Waals surface area contributed by atoms with Gasteiger partial charge in [-0.2, -0.15) is 5.10 Å². The van der Waals surface area contributed by atoms with Crippen molar-refractivity contribution in [2.45, 2.75) is 57.7 Å². The number of halogens is 1. The Labute approximate surface area is 214 Å². The molecule has 188 valence electrons. The lowest BCUT2D eigenvalue weighted by molar-refractivity contribution is -0.0317. The van der Waals surface area contributed by atoms with Gasteiger partial charge in [0.2, 0.25) is 0 Å². The molecule has 3 heterocycles. The second kappa shape index (κ2) is 9.30. The Kier molecular flexibility index (Phi) is 5.95. The van der Waals surface area contributed by atoms with E-state index < -0.39 is 5.60 Å². The molecule has 1 aliphatic carbocycles. The highest BCUT2D eigenvalue weighted by atomic mass is 19.1. The van der Waals surface area contributed by atoms with Crippen LogP contribution in [0.15, 0.2) is 65.9 Å². The van der Waals surface area contributed by atoms with Gasteiger partial charge in [0.25, 0.3) is 0 Å². The van der Waals surface area contributed by atoms with Gasteiger partial charge in [-0.05, 0) is 74.1 Å². The molecule has 1 saturated carbocycles. The third kappa shape index (κ3) is 4.71. The smallest absolute Gasteiger partial charge is 0.163 e. The molecule has 0 bridgehead atoms. The molecule has 2 atom stereocenters. The fraction of sp³-hybridized carbons (Fsp3) is 0.333. The number of aryl methyl sites for hydroxylation is 1. The van der Waals surface area contributed by atoms with Crippen molar-refractivity contribution >= 4 is 22.4 Å². The largest absolute Gasteiger partial charge is 0.388 e. The van der Waals surface area contributed by atoms with Crippen LogP contribution in [0.3, 0.4) is 0 Å². The summed E-state index contributed by atoms with van der Waals surface area (Å²) < 4.78 is 15.3. The number of hydrogen-bond acceptors (Lipinski definition) is 5. The maximum Gasteiger partial charge on any atom is 0.163 e. The molecule has 1 aliphatic heterocycles. The topological polar surface area (TPSA) is 80.4 Å². The number of benzene rings is 2. The number of hydrogen-bond donors (Lipinski definition) is 1. The maximum absolute atomic E-state index is 13.6. The number of nitrogens with zero attached hydrogens (tertiary/aromatic N) is 4. The number of pyridine rings is 1. The Hall–Kier alpha value is -3.71. The van der Waals surface area contributed by atoms with Crippen LogP contribution in [0.4, 0.5) is 4.39 Å². The van der Waals surface area contributed by atoms with Gasteiger partial charge in [-0.1, -0.05) is 18.6 Å². The summed E-state index contributed by atoms with van der Waals surface area (Å²) in [5.74, 6) is -0.119. The molecule has 0 saturated heterocycles. The number of aromatic nitrogens is 3. The summed E-state index contributed by atoms with van der Waals surface area (Å²) in [5, 5.41) is 16.6. The lowest BCUT2D eigenvalue weighted by atomic mass is 9.75. The molecule has 0 unspecified atom stereocenters. The SMILES string of the molecule is Cc1cc(C2=NCc3ccc(C(=O)C[C@H]4CCC[C@@](O)(Cn5ncc6cc(F)ccc65)C4)cc32)ccn1. The van der Waals surface area contributed by atoms with Crippen LogP contribution >= 0.6 is 0 Å². The molecule has 0 spiro atoms. The lowest BCUT2D eigenvalue weighted by Gasteiger charge is -2.36. The van der Waals surface area contributed by atoms with Gasteiger partial charge in [-0.3, -0.25) is 19.5 Å². The molecule has 2 aliphatic rings. The van der Waals surface area contributed by atoms with E-state index in [1.54, 1.807) is 23.1 Å². The molecular formula is C30H29FN4O2. The van der Waals surface area contributed by atoms with Gasteiger partial charge in [0, 0.05) is 40.4 Å². The maximum atomic E-state index is 13.6. The Morgan fingerprint density at radius 1 is 1.19 bits per heavy atom. The Morgan fingerprint density at radius 2 is 2.08 bits per heavy atom. The molecule has 1 fully saturated rings. The van der Waals surface area contributed by atoms with Crippen molar-refractivity contribution in [3.8, 4) is 0 Å². The van der Waals surface area contributed by atoms with Gasteiger partial charge in [0.15, 0.2) is 5.78 Å². The molecule has 0 amide bonds. The molecule has 6 nitrogen and oxygen atoms in total. The summed E-state index contributed by atoms with van der Waals surface area (Å²) >= 11 is 0. The first kappa shape index (κ1) is 23.7. The molecule has 6 rings (SSSR count). The van der Waals surface area contributed by atoms with Crippen molar-refractivity contribution in [1.29, 1.82) is 0 Å². The third-order valence-electron chi connectivity index (χ3n) is 7.71. The minimum Gasteiger partial charge on any atom is -0.388 e. The van der Waals surface area contributed by atoms with Crippen molar-refractivity contribution in [3.05, 3.63) is 94.7 Å². The Bertz CT molecular complexity index is 1540. The predicted octanol–water partition coefficient (Wildman–Crippen LogP) is 5.42. The van der Waals surface area contributed by atoms with Crippen LogP contribution in [0.25, 0.3) is 10.9 Å². The zero-order valence-corrected chi connectivity index (χ0v) is 20.8. The van der Waals surface area contributed by atoms with E-state index in [9.17, 15) is 14.3 Å². The summed E-state index contributed by atoms with van der Waals surface area (Å²) in [4.78, 5) is 22.4. The number of aliphatic imine (C=N–C) groups is 1. The van der Waals surface area contributed by atoms with E-state index in [0.717, 1.165) is 46.5 Å². The monoisotopic (exact) mass is 496 g/mol. The van der Waals surface area contributed by atoms with Gasteiger partial charge in [0.05, 0.1) is 36.1 Å². The van der Waals surface area contributed by atoms with Crippen molar-refractivity contribution < 1.29 is 14.3 Å². The third-order valence-corrected chi connectivity index (χ3v) is 7.71. The lowest BCUT2D eigenvalue weighted by Crippen LogP contribution is -2.40. The Balaban J connectivity index is 1.17. The number of carbonyl (C=O) groups is 1. The second-order valence-electron chi connectivity index (χ2n) is 10.5. The summed E-state index contributed by atoms with van der Waals surface area (Å²) in [5.41, 5.74) is 5.53. The van der Waals surface area contributed by atoms with Crippen molar-refractivity contribution in [2.24, 2.45) is 10.9 Å². The van der Waals surface area contributed by atoms with E-state index in [4.69, 9.17) is 4.99 Å². The molecule has 2 aromatic carbocycles. The fourth-order valence-electron chi connectivity index (χ4n) is 5.92. The van der Waals surface area contributed by atoms with Gasteiger partial charge >= 0.3 is 0 Å². The molecular weight excluding hydrogens is 467 g/mol. The first-order valence-corrected chi connectivity index (χ1v) is 12.8. The quantitative estimate of drug-likeness (QED) is 0.361. The van der Waals surface area contributed by atoms with Crippen molar-refractivity contribution in [1.82, 2.24) is 14.8 Å². The van der Waals surface area contributed by atoms with Crippen LogP contribution in [0, 0.1) is 18.7 Å². The van der Waals surface area contributed by atoms with Crippen molar-refractivity contribution in [3.63, 3.8) is 0 Å². The normalized spacial score (nSPS) is 21.2. The van der Waals surface area contributed by atoms with E-state index in [-0.39, 0.29) is 17.5 Å². The second-order valence-corrected chi connectivity index (χ2v) is 10.5. The molecule has 37 heavy (non-hydrogen) atoms. The van der Waals surface area contributed by atoms with E-state index in [2.05, 4.69) is 10.1 Å². The average molecular weight is 497 g/mol. The summed E-state index contributed by atoms with van der Waals surface area (Å²) in [6.45, 7) is 2.90. The highest BCUT2D eigenvalue weighted by molar-refractivity contribution is 6.16. The van der Waals surface area contributed by atoms with Gasteiger partial charge in [-0.15, -0.1) is 0 Å². The zero-order chi connectivity index (χ0) is 25.6. The van der Waals surface area contributed by atoms with Crippen LogP contribution in [-0.2, 0) is 13.1 Å². The predicted molar refractivity (Wildman–Crippen MR) is 140 cm³/mol. The molecule has 1 N–H and O–H groups in total. The van der Waals surface area contributed by atoms with Crippen LogP contribution in [-0.4, -0.2) is 37.0 Å². The molecule has 4 aromatic rings. The van der Waals surface area contributed by atoms with Crippen LogP contribution < -0.4 is 0 Å². The van der Waals surface area contributed by atoms with E-state index in [1.807, 2.05) is 37.3 Å². The molecule has 7 heteroatoms.